The molecule has 0 spiro atoms. The van der Waals surface area contributed by atoms with Crippen molar-refractivity contribution >= 4 is 0 Å². The second-order valence-electron chi connectivity index (χ2n) is 4.27. The van der Waals surface area contributed by atoms with Crippen LogP contribution in [0.3, 0.4) is 0 Å². The van der Waals surface area contributed by atoms with Crippen LogP contribution < -0.4 is 5.73 Å². The predicted octanol–water partition coefficient (Wildman–Crippen LogP) is 1.66. The Labute approximate surface area is 87.3 Å². The molecule has 15 heavy (non-hydrogen) atoms. The minimum absolute atomic E-state index is 0.101. The van der Waals surface area contributed by atoms with E-state index in [4.69, 9.17) is 5.73 Å². The van der Waals surface area contributed by atoms with Gasteiger partial charge in [0.05, 0.1) is 0 Å². The lowest BCUT2D eigenvalue weighted by atomic mass is 10.0. The Hall–Kier alpha value is -1.29. The first kappa shape index (κ1) is 10.2. The third-order valence-corrected chi connectivity index (χ3v) is 2.97. The van der Waals surface area contributed by atoms with Crippen LogP contribution in [-0.4, -0.2) is 15.8 Å². The van der Waals surface area contributed by atoms with Crippen LogP contribution in [0.5, 0.6) is 11.5 Å². The van der Waals surface area contributed by atoms with Crippen molar-refractivity contribution in [2.75, 3.05) is 0 Å². The van der Waals surface area contributed by atoms with E-state index in [1.807, 2.05) is 0 Å². The predicted molar refractivity (Wildman–Crippen MR) is 54.2 cm³/mol. The summed E-state index contributed by atoms with van der Waals surface area (Å²) in [6.45, 7) is 0. The highest BCUT2D eigenvalue weighted by atomic mass is 19.1. The molecule has 1 aromatic carbocycles. The molecule has 82 valence electrons. The molecule has 0 bridgehead atoms. The number of aryl methyl sites for hydroxylation is 1. The van der Waals surface area contributed by atoms with Crippen molar-refractivity contribution in [3.63, 3.8) is 0 Å². The van der Waals surface area contributed by atoms with Gasteiger partial charge in [0.1, 0.15) is 0 Å². The Kier molecular flexibility index (Phi) is 2.31. The minimum Gasteiger partial charge on any atom is -0.504 e. The van der Waals surface area contributed by atoms with Crippen molar-refractivity contribution < 1.29 is 14.6 Å². The fourth-order valence-corrected chi connectivity index (χ4v) is 1.59. The van der Waals surface area contributed by atoms with Crippen molar-refractivity contribution in [1.29, 1.82) is 0 Å². The average Bonchev–Trinajstić information content (AvgIpc) is 2.93. The summed E-state index contributed by atoms with van der Waals surface area (Å²) < 4.78 is 12.8. The van der Waals surface area contributed by atoms with Crippen molar-refractivity contribution in [2.45, 2.75) is 31.2 Å². The van der Waals surface area contributed by atoms with Crippen LogP contribution in [0.1, 0.15) is 24.8 Å². The van der Waals surface area contributed by atoms with Gasteiger partial charge in [0.2, 0.25) is 0 Å². The van der Waals surface area contributed by atoms with Gasteiger partial charge in [-0.15, -0.1) is 0 Å². The summed E-state index contributed by atoms with van der Waals surface area (Å²) in [5.41, 5.74) is 6.34. The Morgan fingerprint density at radius 1 is 1.27 bits per heavy atom. The molecule has 0 heterocycles. The fraction of sp³-hybridized carbons (Fsp3) is 0.455. The Morgan fingerprint density at radius 3 is 2.53 bits per heavy atom. The number of halogens is 1. The van der Waals surface area contributed by atoms with Gasteiger partial charge < -0.3 is 15.9 Å². The van der Waals surface area contributed by atoms with Gasteiger partial charge in [-0.05, 0) is 37.3 Å². The number of rotatable bonds is 3. The lowest BCUT2D eigenvalue weighted by Crippen LogP contribution is -2.22. The first-order valence-electron chi connectivity index (χ1n) is 5.00. The molecule has 1 aliphatic rings. The van der Waals surface area contributed by atoms with Crippen LogP contribution in [-0.2, 0) is 6.42 Å². The SMILES string of the molecule is NC1(CCc2ccc(F)c(O)c2O)CC1. The van der Waals surface area contributed by atoms with Crippen LogP contribution in [0.15, 0.2) is 12.1 Å². The van der Waals surface area contributed by atoms with E-state index < -0.39 is 11.6 Å². The van der Waals surface area contributed by atoms with E-state index in [2.05, 4.69) is 0 Å². The Balaban J connectivity index is 2.11. The quantitative estimate of drug-likeness (QED) is 0.666. The molecule has 0 aromatic heterocycles. The number of hydrogen-bond donors (Lipinski definition) is 3. The molecule has 0 saturated heterocycles. The summed E-state index contributed by atoms with van der Waals surface area (Å²) in [6.07, 6.45) is 3.32. The van der Waals surface area contributed by atoms with Crippen molar-refractivity contribution in [3.05, 3.63) is 23.5 Å². The monoisotopic (exact) mass is 211 g/mol. The molecular weight excluding hydrogens is 197 g/mol. The van der Waals surface area contributed by atoms with Crippen LogP contribution in [0.25, 0.3) is 0 Å². The van der Waals surface area contributed by atoms with Crippen molar-refractivity contribution in [2.24, 2.45) is 5.73 Å². The lowest BCUT2D eigenvalue weighted by molar-refractivity contribution is 0.374. The van der Waals surface area contributed by atoms with E-state index in [-0.39, 0.29) is 11.3 Å². The average molecular weight is 211 g/mol. The van der Waals surface area contributed by atoms with Crippen molar-refractivity contribution in [1.82, 2.24) is 0 Å². The molecule has 1 fully saturated rings. The molecule has 3 nitrogen and oxygen atoms in total. The van der Waals surface area contributed by atoms with Gasteiger partial charge in [0, 0.05) is 5.54 Å². The zero-order valence-electron chi connectivity index (χ0n) is 8.33. The zero-order chi connectivity index (χ0) is 11.1. The number of hydrogen-bond acceptors (Lipinski definition) is 3. The molecule has 0 unspecified atom stereocenters. The number of phenols is 2. The molecular formula is C11H14FNO2. The normalized spacial score (nSPS) is 17.7. The van der Waals surface area contributed by atoms with E-state index >= 15 is 0 Å². The molecule has 0 amide bonds. The second-order valence-corrected chi connectivity index (χ2v) is 4.27. The number of aromatic hydroxyl groups is 2. The smallest absolute Gasteiger partial charge is 0.194 e. The van der Waals surface area contributed by atoms with Crippen LogP contribution in [0.2, 0.25) is 0 Å². The summed E-state index contributed by atoms with van der Waals surface area (Å²) in [4.78, 5) is 0. The Morgan fingerprint density at radius 2 is 1.93 bits per heavy atom. The summed E-state index contributed by atoms with van der Waals surface area (Å²) >= 11 is 0. The number of phenolic OH excluding ortho intramolecular Hbond substituents is 2. The zero-order valence-corrected chi connectivity index (χ0v) is 8.33. The number of nitrogens with two attached hydrogens (primary N) is 1. The molecule has 0 atom stereocenters. The second kappa shape index (κ2) is 3.38. The van der Waals surface area contributed by atoms with Crippen LogP contribution in [0.4, 0.5) is 4.39 Å². The Bertz CT molecular complexity index is 388. The lowest BCUT2D eigenvalue weighted by Gasteiger charge is -2.10. The molecule has 4 heteroatoms. The van der Waals surface area contributed by atoms with Gasteiger partial charge in [-0.3, -0.25) is 0 Å². The van der Waals surface area contributed by atoms with Gasteiger partial charge in [-0.2, -0.15) is 0 Å². The highest BCUT2D eigenvalue weighted by Gasteiger charge is 2.37. The standard InChI is InChI=1S/C11H14FNO2/c12-8-2-1-7(9(14)10(8)15)3-4-11(13)5-6-11/h1-2,14-15H,3-6,13H2. The van der Waals surface area contributed by atoms with Gasteiger partial charge in [0.15, 0.2) is 17.3 Å². The highest BCUT2D eigenvalue weighted by molar-refractivity contribution is 5.45. The summed E-state index contributed by atoms with van der Waals surface area (Å²) in [5, 5.41) is 18.6. The molecule has 2 rings (SSSR count). The largest absolute Gasteiger partial charge is 0.504 e. The highest BCUT2D eigenvalue weighted by Crippen LogP contribution is 2.39. The van der Waals surface area contributed by atoms with E-state index in [1.165, 1.54) is 6.07 Å². The molecule has 1 aromatic rings. The molecule has 4 N–H and O–H groups in total. The molecule has 0 radical (unpaired) electrons. The van der Waals surface area contributed by atoms with E-state index in [0.717, 1.165) is 25.3 Å². The van der Waals surface area contributed by atoms with Crippen molar-refractivity contribution in [3.8, 4) is 11.5 Å². The molecule has 0 aliphatic heterocycles. The third kappa shape index (κ3) is 2.04. The molecule has 1 saturated carbocycles. The topological polar surface area (TPSA) is 66.5 Å². The summed E-state index contributed by atoms with van der Waals surface area (Å²) in [6, 6.07) is 2.64. The van der Waals surface area contributed by atoms with Crippen LogP contribution >= 0.6 is 0 Å². The first-order chi connectivity index (χ1) is 7.02. The minimum atomic E-state index is -0.801. The van der Waals surface area contributed by atoms with E-state index in [9.17, 15) is 14.6 Å². The number of benzene rings is 1. The maximum atomic E-state index is 12.8. The maximum Gasteiger partial charge on any atom is 0.194 e. The van der Waals surface area contributed by atoms with Gasteiger partial charge >= 0.3 is 0 Å². The van der Waals surface area contributed by atoms with Gasteiger partial charge in [0.25, 0.3) is 0 Å². The summed E-state index contributed by atoms with van der Waals surface area (Å²) in [5.74, 6) is -1.83. The van der Waals surface area contributed by atoms with E-state index in [0.29, 0.717) is 12.0 Å². The summed E-state index contributed by atoms with van der Waals surface area (Å²) in [7, 11) is 0. The third-order valence-electron chi connectivity index (χ3n) is 2.97. The maximum absolute atomic E-state index is 12.8. The van der Waals surface area contributed by atoms with E-state index in [1.54, 1.807) is 0 Å². The van der Waals surface area contributed by atoms with Gasteiger partial charge in [-0.25, -0.2) is 4.39 Å². The fourth-order valence-electron chi connectivity index (χ4n) is 1.59. The van der Waals surface area contributed by atoms with Crippen LogP contribution in [0, 0.1) is 5.82 Å². The first-order valence-corrected chi connectivity index (χ1v) is 5.00. The van der Waals surface area contributed by atoms with Gasteiger partial charge in [-0.1, -0.05) is 6.07 Å². The molecule has 1 aliphatic carbocycles.